The van der Waals surface area contributed by atoms with E-state index in [0.717, 1.165) is 31.3 Å². The number of amides is 2. The zero-order chi connectivity index (χ0) is 16.8. The summed E-state index contributed by atoms with van der Waals surface area (Å²) in [4.78, 5) is 28.5. The highest BCUT2D eigenvalue weighted by Crippen LogP contribution is 2.39. The van der Waals surface area contributed by atoms with Crippen LogP contribution in [0.25, 0.3) is 0 Å². The SMILES string of the molecule is O=C([C@@H]1CCN(c2cc(F)cc(F)c2)C1=O)N1C[C@@H]2CCC[C@H]2C1. The predicted octanol–water partition coefficient (Wildman–Crippen LogP) is 2.58. The van der Waals surface area contributed by atoms with Crippen LogP contribution < -0.4 is 4.90 Å². The van der Waals surface area contributed by atoms with E-state index in [1.165, 1.54) is 24.2 Å². The van der Waals surface area contributed by atoms with Gasteiger partial charge in [0.15, 0.2) is 0 Å². The van der Waals surface area contributed by atoms with E-state index in [0.29, 0.717) is 24.8 Å². The average Bonchev–Trinajstić information content (AvgIpc) is 3.19. The van der Waals surface area contributed by atoms with Crippen molar-refractivity contribution < 1.29 is 18.4 Å². The lowest BCUT2D eigenvalue weighted by atomic mass is 10.0. The molecule has 0 N–H and O–H groups in total. The second-order valence-corrected chi connectivity index (χ2v) is 7.15. The molecule has 1 aromatic rings. The Morgan fingerprint density at radius 1 is 1.00 bits per heavy atom. The number of fused-ring (bicyclic) bond motifs is 1. The first kappa shape index (κ1) is 15.5. The van der Waals surface area contributed by atoms with Gasteiger partial charge in [-0.25, -0.2) is 8.78 Å². The number of rotatable bonds is 2. The minimum Gasteiger partial charge on any atom is -0.341 e. The van der Waals surface area contributed by atoms with E-state index in [1.807, 2.05) is 4.90 Å². The van der Waals surface area contributed by atoms with Crippen LogP contribution in [0.2, 0.25) is 0 Å². The Kier molecular flexibility index (Phi) is 3.77. The molecule has 2 amide bonds. The highest BCUT2D eigenvalue weighted by atomic mass is 19.1. The van der Waals surface area contributed by atoms with Gasteiger partial charge in [0.2, 0.25) is 11.8 Å². The van der Waals surface area contributed by atoms with Gasteiger partial charge in [0.25, 0.3) is 0 Å². The van der Waals surface area contributed by atoms with Crippen LogP contribution in [0.5, 0.6) is 0 Å². The van der Waals surface area contributed by atoms with Crippen LogP contribution in [0.15, 0.2) is 18.2 Å². The molecule has 2 aliphatic heterocycles. The first-order chi connectivity index (χ1) is 11.5. The fourth-order valence-corrected chi connectivity index (χ4v) is 4.50. The summed E-state index contributed by atoms with van der Waals surface area (Å²) in [5, 5.41) is 0. The molecule has 4 nitrogen and oxygen atoms in total. The molecular formula is C18H20F2N2O2. The first-order valence-corrected chi connectivity index (χ1v) is 8.59. The number of anilines is 1. The zero-order valence-electron chi connectivity index (χ0n) is 13.4. The normalized spacial score (nSPS) is 29.4. The van der Waals surface area contributed by atoms with Crippen LogP contribution in [-0.4, -0.2) is 36.3 Å². The molecule has 24 heavy (non-hydrogen) atoms. The molecule has 2 saturated heterocycles. The lowest BCUT2D eigenvalue weighted by Gasteiger charge is -2.21. The van der Waals surface area contributed by atoms with Gasteiger partial charge in [0.1, 0.15) is 17.6 Å². The zero-order valence-corrected chi connectivity index (χ0v) is 13.4. The molecule has 3 atom stereocenters. The first-order valence-electron chi connectivity index (χ1n) is 8.59. The number of carbonyl (C=O) groups excluding carboxylic acids is 2. The molecule has 128 valence electrons. The van der Waals surface area contributed by atoms with Crippen LogP contribution >= 0.6 is 0 Å². The third-order valence-corrected chi connectivity index (χ3v) is 5.70. The summed E-state index contributed by atoms with van der Waals surface area (Å²) in [5.74, 6) is -1.45. The summed E-state index contributed by atoms with van der Waals surface area (Å²) in [6.07, 6.45) is 3.98. The van der Waals surface area contributed by atoms with Crippen LogP contribution in [-0.2, 0) is 9.59 Å². The van der Waals surface area contributed by atoms with Crippen molar-refractivity contribution in [2.24, 2.45) is 17.8 Å². The van der Waals surface area contributed by atoms with Crippen LogP contribution in [0.4, 0.5) is 14.5 Å². The quantitative estimate of drug-likeness (QED) is 0.780. The van der Waals surface area contributed by atoms with Crippen molar-refractivity contribution in [3.63, 3.8) is 0 Å². The van der Waals surface area contributed by atoms with E-state index in [2.05, 4.69) is 0 Å². The Hall–Kier alpha value is -1.98. The average molecular weight is 334 g/mol. The lowest BCUT2D eigenvalue weighted by molar-refractivity contribution is -0.139. The summed E-state index contributed by atoms with van der Waals surface area (Å²) in [7, 11) is 0. The van der Waals surface area contributed by atoms with Gasteiger partial charge < -0.3 is 9.80 Å². The molecule has 0 bridgehead atoms. The maximum Gasteiger partial charge on any atom is 0.239 e. The van der Waals surface area contributed by atoms with Gasteiger partial charge >= 0.3 is 0 Å². The number of likely N-dealkylation sites (tertiary alicyclic amines) is 1. The van der Waals surface area contributed by atoms with Gasteiger partial charge in [-0.3, -0.25) is 9.59 Å². The van der Waals surface area contributed by atoms with Gasteiger partial charge in [0, 0.05) is 31.4 Å². The minimum absolute atomic E-state index is 0.117. The molecule has 3 fully saturated rings. The van der Waals surface area contributed by atoms with Gasteiger partial charge in [-0.05, 0) is 43.2 Å². The standard InChI is InChI=1S/C18H20F2N2O2/c19-13-6-14(20)8-15(7-13)22-5-4-16(18(22)24)17(23)21-9-11-2-1-3-12(11)10-21/h6-8,11-12,16H,1-5,9-10H2/t11-,12-,16-/m0/s1. The van der Waals surface area contributed by atoms with Crippen molar-refractivity contribution in [3.05, 3.63) is 29.8 Å². The topological polar surface area (TPSA) is 40.6 Å². The summed E-state index contributed by atoms with van der Waals surface area (Å²) < 4.78 is 26.8. The maximum atomic E-state index is 13.4. The van der Waals surface area contributed by atoms with E-state index < -0.39 is 17.6 Å². The van der Waals surface area contributed by atoms with Crippen molar-refractivity contribution in [2.75, 3.05) is 24.5 Å². The summed E-state index contributed by atoms with van der Waals surface area (Å²) >= 11 is 0. The molecular weight excluding hydrogens is 314 g/mol. The van der Waals surface area contributed by atoms with Crippen molar-refractivity contribution in [2.45, 2.75) is 25.7 Å². The van der Waals surface area contributed by atoms with Gasteiger partial charge in [0.05, 0.1) is 0 Å². The number of carbonyl (C=O) groups is 2. The van der Waals surface area contributed by atoms with E-state index in [9.17, 15) is 18.4 Å². The smallest absolute Gasteiger partial charge is 0.239 e. The molecule has 1 saturated carbocycles. The molecule has 0 radical (unpaired) electrons. The van der Waals surface area contributed by atoms with Crippen molar-refractivity contribution >= 4 is 17.5 Å². The van der Waals surface area contributed by atoms with Crippen molar-refractivity contribution in [1.29, 1.82) is 0 Å². The number of nitrogens with zero attached hydrogens (tertiary/aromatic N) is 2. The van der Waals surface area contributed by atoms with Crippen LogP contribution in [0.1, 0.15) is 25.7 Å². The van der Waals surface area contributed by atoms with E-state index in [1.54, 1.807) is 0 Å². The molecule has 1 aliphatic carbocycles. The van der Waals surface area contributed by atoms with Crippen molar-refractivity contribution in [1.82, 2.24) is 4.90 Å². The second-order valence-electron chi connectivity index (χ2n) is 7.15. The second kappa shape index (κ2) is 5.83. The minimum atomic E-state index is -0.722. The molecule has 0 aromatic heterocycles. The molecule has 4 rings (SSSR count). The molecule has 0 spiro atoms. The van der Waals surface area contributed by atoms with E-state index in [4.69, 9.17) is 0 Å². The Morgan fingerprint density at radius 2 is 1.62 bits per heavy atom. The van der Waals surface area contributed by atoms with Crippen LogP contribution in [0, 0.1) is 29.4 Å². The van der Waals surface area contributed by atoms with Crippen molar-refractivity contribution in [3.8, 4) is 0 Å². The number of halogens is 2. The third kappa shape index (κ3) is 2.58. The third-order valence-electron chi connectivity index (χ3n) is 5.70. The summed E-state index contributed by atoms with van der Waals surface area (Å²) in [6.45, 7) is 1.82. The Labute approximate surface area is 139 Å². The fourth-order valence-electron chi connectivity index (χ4n) is 4.50. The molecule has 1 aromatic carbocycles. The fraction of sp³-hybridized carbons (Fsp3) is 0.556. The number of hydrogen-bond acceptors (Lipinski definition) is 2. The monoisotopic (exact) mass is 334 g/mol. The highest BCUT2D eigenvalue weighted by molar-refractivity contribution is 6.09. The predicted molar refractivity (Wildman–Crippen MR) is 84.2 cm³/mol. The largest absolute Gasteiger partial charge is 0.341 e. The van der Waals surface area contributed by atoms with Gasteiger partial charge in [-0.1, -0.05) is 6.42 Å². The van der Waals surface area contributed by atoms with E-state index >= 15 is 0 Å². The number of hydrogen-bond donors (Lipinski definition) is 0. The number of benzene rings is 1. The Bertz CT molecular complexity index is 661. The maximum absolute atomic E-state index is 13.4. The summed E-state index contributed by atoms with van der Waals surface area (Å²) in [6, 6.07) is 3.04. The molecule has 6 heteroatoms. The molecule has 0 unspecified atom stereocenters. The molecule has 3 aliphatic rings. The van der Waals surface area contributed by atoms with E-state index in [-0.39, 0.29) is 17.5 Å². The van der Waals surface area contributed by atoms with Gasteiger partial charge in [-0.15, -0.1) is 0 Å². The van der Waals surface area contributed by atoms with Gasteiger partial charge in [-0.2, -0.15) is 0 Å². The Balaban J connectivity index is 1.48. The highest BCUT2D eigenvalue weighted by Gasteiger charge is 2.44. The molecule has 2 heterocycles. The van der Waals surface area contributed by atoms with Crippen LogP contribution in [0.3, 0.4) is 0 Å². The lowest BCUT2D eigenvalue weighted by Crippen LogP contribution is -2.39. The summed E-state index contributed by atoms with van der Waals surface area (Å²) in [5.41, 5.74) is 0.186. The Morgan fingerprint density at radius 3 is 2.25 bits per heavy atom.